The Morgan fingerprint density at radius 3 is 1.91 bits per heavy atom. The maximum Gasteiger partial charge on any atom is 0.416 e. The predicted molar refractivity (Wildman–Crippen MR) is 203 cm³/mol. The van der Waals surface area contributed by atoms with Gasteiger partial charge >= 0.3 is 12.4 Å². The molecule has 4 heterocycles. The van der Waals surface area contributed by atoms with Crippen molar-refractivity contribution in [3.05, 3.63) is 166 Å². The van der Waals surface area contributed by atoms with Gasteiger partial charge in [0.05, 0.1) is 28.4 Å². The van der Waals surface area contributed by atoms with E-state index in [1.54, 1.807) is 24.7 Å². The van der Waals surface area contributed by atoms with Crippen molar-refractivity contribution in [3.8, 4) is 0 Å². The highest BCUT2D eigenvalue weighted by Gasteiger charge is 2.38. The molecule has 3 aliphatic rings. The van der Waals surface area contributed by atoms with Crippen LogP contribution in [0.15, 0.2) is 127 Å². The molecule has 0 N–H and O–H groups in total. The number of halogens is 6. The van der Waals surface area contributed by atoms with Crippen molar-refractivity contribution in [1.29, 1.82) is 0 Å². The van der Waals surface area contributed by atoms with Crippen LogP contribution in [0.3, 0.4) is 0 Å². The van der Waals surface area contributed by atoms with Crippen molar-refractivity contribution in [2.24, 2.45) is 5.92 Å². The number of hydrogen-bond acceptors (Lipinski definition) is 7. The number of alkyl halides is 6. The van der Waals surface area contributed by atoms with Crippen molar-refractivity contribution in [2.45, 2.75) is 45.2 Å². The second-order valence-corrected chi connectivity index (χ2v) is 14.2. The molecule has 1 atom stereocenters. The first kappa shape index (κ1) is 37.6. The number of carbonyl (C=O) groups is 1. The van der Waals surface area contributed by atoms with Gasteiger partial charge in [0.25, 0.3) is 0 Å². The fourth-order valence-corrected chi connectivity index (χ4v) is 7.72. The highest BCUT2D eigenvalue weighted by molar-refractivity contribution is 6.05. The van der Waals surface area contributed by atoms with E-state index < -0.39 is 35.3 Å². The maximum absolute atomic E-state index is 15.2. The summed E-state index contributed by atoms with van der Waals surface area (Å²) in [4.78, 5) is 37.7. The Balaban J connectivity index is 1.25. The monoisotopic (exact) mass is 779 g/mol. The number of benzene rings is 3. The van der Waals surface area contributed by atoms with Gasteiger partial charge in [-0.15, -0.1) is 0 Å². The van der Waals surface area contributed by atoms with Gasteiger partial charge in [-0.1, -0.05) is 36.4 Å². The number of aromatic nitrogens is 4. The van der Waals surface area contributed by atoms with Gasteiger partial charge in [0.1, 0.15) is 12.7 Å². The van der Waals surface area contributed by atoms with E-state index in [4.69, 9.17) is 0 Å². The van der Waals surface area contributed by atoms with Gasteiger partial charge in [-0.25, -0.2) is 19.9 Å². The zero-order chi connectivity index (χ0) is 39.9. The molecule has 1 aliphatic carbocycles. The van der Waals surface area contributed by atoms with E-state index in [2.05, 4.69) is 29.7 Å². The average Bonchev–Trinajstić information content (AvgIpc) is 3.20. The molecule has 290 valence electrons. The highest BCUT2D eigenvalue weighted by Crippen LogP contribution is 2.42. The molecule has 2 aliphatic heterocycles. The van der Waals surface area contributed by atoms with Gasteiger partial charge in [0.15, 0.2) is 0 Å². The van der Waals surface area contributed by atoms with Crippen molar-refractivity contribution >= 4 is 29.0 Å². The van der Waals surface area contributed by atoms with E-state index in [9.17, 15) is 26.3 Å². The van der Waals surface area contributed by atoms with Crippen LogP contribution in [0.1, 0.15) is 46.1 Å². The average molecular weight is 780 g/mol. The minimum atomic E-state index is -4.77. The Hall–Kier alpha value is -6.31. The first-order chi connectivity index (χ1) is 27.3. The molecule has 8 rings (SSSR count). The van der Waals surface area contributed by atoms with Crippen molar-refractivity contribution in [3.63, 3.8) is 0 Å². The zero-order valence-electron chi connectivity index (χ0n) is 30.6. The predicted octanol–water partition coefficient (Wildman–Crippen LogP) is 9.13. The summed E-state index contributed by atoms with van der Waals surface area (Å²) in [5.74, 6) is -1.85. The topological polar surface area (TPSA) is 78.4 Å². The van der Waals surface area contributed by atoms with Gasteiger partial charge in [0.2, 0.25) is 5.91 Å². The normalized spacial score (nSPS) is 17.7. The van der Waals surface area contributed by atoms with Crippen LogP contribution >= 0.6 is 0 Å². The molecule has 0 radical (unpaired) electrons. The maximum atomic E-state index is 15.2. The molecule has 57 heavy (non-hydrogen) atoms. The van der Waals surface area contributed by atoms with Crippen LogP contribution in [-0.4, -0.2) is 43.8 Å². The molecule has 0 saturated heterocycles. The molecule has 3 aromatic carbocycles. The van der Waals surface area contributed by atoms with Crippen LogP contribution in [0.5, 0.6) is 0 Å². The van der Waals surface area contributed by atoms with E-state index in [0.717, 1.165) is 99.3 Å². The van der Waals surface area contributed by atoms with Crippen molar-refractivity contribution in [1.82, 2.24) is 24.8 Å². The largest absolute Gasteiger partial charge is 0.416 e. The summed E-state index contributed by atoms with van der Waals surface area (Å²) in [5, 5.41) is 0. The number of carbonyl (C=O) groups excluding carboxylic acids is 1. The van der Waals surface area contributed by atoms with Crippen LogP contribution in [-0.2, 0) is 43.1 Å². The summed E-state index contributed by atoms with van der Waals surface area (Å²) in [6, 6.07) is 15.9. The van der Waals surface area contributed by atoms with Gasteiger partial charge in [-0.2, -0.15) is 26.3 Å². The van der Waals surface area contributed by atoms with E-state index >= 15 is 4.79 Å². The minimum absolute atomic E-state index is 0.227. The number of nitrogens with zero attached hydrogens (tertiary/aromatic N) is 7. The number of anilines is 3. The standard InChI is InChI=1S/C43H35F6N7O/c1-27-11-12-36(41(57)56(34-9-3-6-31(19-34)42(44,45)46)35-10-4-7-32(20-35)43(47,48)49)37(40(27)55-16-14-39-30(24-55)22-51-26-53-39)18-28-5-2-8-33(17-28)54-15-13-38-29(23-54)21-50-25-52-38/h2-12,17-22,25-26,36H,13-16,23-24H2,1H3. The number of amides is 1. The molecule has 2 aromatic heterocycles. The van der Waals surface area contributed by atoms with Crippen LogP contribution in [0.4, 0.5) is 43.4 Å². The lowest BCUT2D eigenvalue weighted by Crippen LogP contribution is -2.38. The summed E-state index contributed by atoms with van der Waals surface area (Å²) >= 11 is 0. The first-order valence-electron chi connectivity index (χ1n) is 18.3. The lowest BCUT2D eigenvalue weighted by atomic mass is 9.84. The van der Waals surface area contributed by atoms with Crippen LogP contribution < -0.4 is 9.80 Å². The third-order valence-corrected chi connectivity index (χ3v) is 10.5. The van der Waals surface area contributed by atoms with E-state index in [-0.39, 0.29) is 11.4 Å². The third kappa shape index (κ3) is 7.76. The lowest BCUT2D eigenvalue weighted by Gasteiger charge is -2.38. The molecule has 0 bridgehead atoms. The Morgan fingerprint density at radius 2 is 1.32 bits per heavy atom. The fraction of sp³-hybridized carbons (Fsp3) is 0.233. The summed E-state index contributed by atoms with van der Waals surface area (Å²) in [6.45, 7) is 4.20. The quantitative estimate of drug-likeness (QED) is 0.159. The summed E-state index contributed by atoms with van der Waals surface area (Å²) in [7, 11) is 0. The number of allylic oxidation sites excluding steroid dienone is 3. The van der Waals surface area contributed by atoms with Gasteiger partial charge in [-0.05, 0) is 78.2 Å². The number of fused-ring (bicyclic) bond motifs is 2. The van der Waals surface area contributed by atoms with Gasteiger partial charge < -0.3 is 9.80 Å². The highest BCUT2D eigenvalue weighted by atomic mass is 19.4. The smallest absolute Gasteiger partial charge is 0.367 e. The van der Waals surface area contributed by atoms with E-state index in [1.807, 2.05) is 43.5 Å². The molecule has 14 heteroatoms. The molecule has 0 saturated carbocycles. The first-order valence-corrected chi connectivity index (χ1v) is 18.3. The summed E-state index contributed by atoms with van der Waals surface area (Å²) < 4.78 is 84.3. The van der Waals surface area contributed by atoms with Gasteiger partial charge in [-0.3, -0.25) is 9.69 Å². The second-order valence-electron chi connectivity index (χ2n) is 14.2. The third-order valence-electron chi connectivity index (χ3n) is 10.5. The number of hydrogen-bond donors (Lipinski definition) is 0. The van der Waals surface area contributed by atoms with Crippen LogP contribution in [0, 0.1) is 5.92 Å². The molecular formula is C43H35F6N7O. The Morgan fingerprint density at radius 1 is 0.754 bits per heavy atom. The van der Waals surface area contributed by atoms with E-state index in [1.165, 1.54) is 18.5 Å². The lowest BCUT2D eigenvalue weighted by molar-refractivity contribution is -0.138. The fourth-order valence-electron chi connectivity index (χ4n) is 7.72. The molecule has 1 unspecified atom stereocenters. The van der Waals surface area contributed by atoms with Crippen molar-refractivity contribution in [2.75, 3.05) is 22.9 Å². The molecular weight excluding hydrogens is 745 g/mol. The molecule has 0 fully saturated rings. The Bertz CT molecular complexity index is 2380. The zero-order valence-corrected chi connectivity index (χ0v) is 30.6. The molecule has 0 spiro atoms. The molecule has 8 nitrogen and oxygen atoms in total. The Labute approximate surface area is 324 Å². The summed E-state index contributed by atoms with van der Waals surface area (Å²) in [5.41, 5.74) is 5.07. The minimum Gasteiger partial charge on any atom is -0.367 e. The van der Waals surface area contributed by atoms with Crippen LogP contribution in [0.2, 0.25) is 0 Å². The SMILES string of the molecule is CC1=C(N2CCc3ncncc3C2)C(=Cc2cccc(N3CCc4ncncc4C3)c2)C(C(=O)N(c2cccc(C(F)(F)F)c2)c2cccc(C(F)(F)F)c2)C=C1. The summed E-state index contributed by atoms with van der Waals surface area (Å²) in [6.07, 6.45) is 3.73. The Kier molecular flexibility index (Phi) is 9.88. The van der Waals surface area contributed by atoms with Crippen molar-refractivity contribution < 1.29 is 31.1 Å². The van der Waals surface area contributed by atoms with Crippen LogP contribution in [0.25, 0.3) is 6.08 Å². The number of rotatable bonds is 6. The molecule has 5 aromatic rings. The molecule has 1 amide bonds. The van der Waals surface area contributed by atoms with E-state index in [0.29, 0.717) is 31.6 Å². The second kappa shape index (κ2) is 15.0. The van der Waals surface area contributed by atoms with Gasteiger partial charge in [0, 0.05) is 85.3 Å².